The molecule has 1 fully saturated rings. The van der Waals surface area contributed by atoms with E-state index >= 15 is 0 Å². The number of aryl methyl sites for hydroxylation is 2. The van der Waals surface area contributed by atoms with Crippen LogP contribution in [-0.4, -0.2) is 31.8 Å². The molecule has 1 aliphatic rings. The van der Waals surface area contributed by atoms with Crippen LogP contribution in [0, 0.1) is 5.92 Å². The molecule has 0 spiro atoms. The lowest BCUT2D eigenvalue weighted by molar-refractivity contribution is 0.433. The first-order valence-electron chi connectivity index (χ1n) is 9.52. The average molecular weight is 446 g/mol. The van der Waals surface area contributed by atoms with Crippen LogP contribution < -0.4 is 16.1 Å². The molecule has 3 heterocycles. The van der Waals surface area contributed by atoms with Gasteiger partial charge in [0.2, 0.25) is 5.95 Å². The molecule has 4 rings (SSSR count). The Labute approximate surface area is 171 Å². The summed E-state index contributed by atoms with van der Waals surface area (Å²) in [5.74, 6) is 1.46. The van der Waals surface area contributed by atoms with Gasteiger partial charge in [0.1, 0.15) is 0 Å². The van der Waals surface area contributed by atoms with E-state index in [1.165, 1.54) is 9.13 Å². The molecule has 0 radical (unpaired) electrons. The van der Waals surface area contributed by atoms with Crippen molar-refractivity contribution in [1.82, 2.24) is 18.7 Å². The number of imidazole rings is 1. The maximum Gasteiger partial charge on any atom is 0.332 e. The van der Waals surface area contributed by atoms with Crippen LogP contribution in [0.4, 0.5) is 5.95 Å². The summed E-state index contributed by atoms with van der Waals surface area (Å²) in [6.45, 7) is 4.32. The van der Waals surface area contributed by atoms with Gasteiger partial charge in [0, 0.05) is 31.7 Å². The van der Waals surface area contributed by atoms with Crippen LogP contribution in [-0.2, 0) is 20.6 Å². The summed E-state index contributed by atoms with van der Waals surface area (Å²) in [6.07, 6.45) is 2.21. The van der Waals surface area contributed by atoms with Gasteiger partial charge in [-0.3, -0.25) is 13.9 Å². The van der Waals surface area contributed by atoms with Crippen molar-refractivity contribution in [2.75, 3.05) is 18.0 Å². The molecule has 1 saturated heterocycles. The van der Waals surface area contributed by atoms with E-state index in [4.69, 9.17) is 0 Å². The number of nitrogens with zero attached hydrogens (tertiary/aromatic N) is 5. The Balaban J connectivity index is 1.84. The van der Waals surface area contributed by atoms with Crippen LogP contribution in [0.1, 0.15) is 25.3 Å². The molecule has 0 aliphatic carbocycles. The highest BCUT2D eigenvalue weighted by molar-refractivity contribution is 9.10. The maximum atomic E-state index is 13.2. The molecule has 2 aromatic heterocycles. The predicted octanol–water partition coefficient (Wildman–Crippen LogP) is 2.48. The minimum atomic E-state index is -0.352. The Morgan fingerprint density at radius 3 is 2.54 bits per heavy atom. The number of anilines is 1. The molecule has 1 aromatic carbocycles. The SMILES string of the molecule is CC1CCN(c2nc3c(c(=O)n(Cc4cccc(Br)c4)c(=O)n3C)n2C)CC1. The highest BCUT2D eigenvalue weighted by Gasteiger charge is 2.24. The first-order chi connectivity index (χ1) is 13.4. The summed E-state index contributed by atoms with van der Waals surface area (Å²) in [5, 5.41) is 0. The third-order valence-electron chi connectivity index (χ3n) is 5.63. The molecule has 7 nitrogen and oxygen atoms in total. The van der Waals surface area contributed by atoms with E-state index in [-0.39, 0.29) is 17.8 Å². The van der Waals surface area contributed by atoms with Gasteiger partial charge in [-0.15, -0.1) is 0 Å². The third kappa shape index (κ3) is 3.19. The second kappa shape index (κ2) is 7.24. The van der Waals surface area contributed by atoms with E-state index in [0.29, 0.717) is 17.1 Å². The summed E-state index contributed by atoms with van der Waals surface area (Å²) < 4.78 is 5.52. The number of rotatable bonds is 3. The molecule has 0 N–H and O–H groups in total. The van der Waals surface area contributed by atoms with Crippen molar-refractivity contribution in [2.24, 2.45) is 20.0 Å². The molecule has 0 saturated carbocycles. The van der Waals surface area contributed by atoms with Gasteiger partial charge >= 0.3 is 5.69 Å². The Morgan fingerprint density at radius 2 is 1.86 bits per heavy atom. The van der Waals surface area contributed by atoms with Crippen molar-refractivity contribution in [3.63, 3.8) is 0 Å². The molecular weight excluding hydrogens is 422 g/mol. The number of hydrogen-bond donors (Lipinski definition) is 0. The summed E-state index contributed by atoms with van der Waals surface area (Å²) in [4.78, 5) is 33.0. The zero-order valence-corrected chi connectivity index (χ0v) is 17.9. The predicted molar refractivity (Wildman–Crippen MR) is 114 cm³/mol. The van der Waals surface area contributed by atoms with Crippen molar-refractivity contribution in [3.05, 3.63) is 55.1 Å². The quantitative estimate of drug-likeness (QED) is 0.620. The molecule has 8 heteroatoms. The lowest BCUT2D eigenvalue weighted by atomic mass is 10.00. The fourth-order valence-corrected chi connectivity index (χ4v) is 4.33. The number of halogens is 1. The van der Waals surface area contributed by atoms with Crippen LogP contribution in [0.3, 0.4) is 0 Å². The van der Waals surface area contributed by atoms with Crippen LogP contribution in [0.25, 0.3) is 11.2 Å². The van der Waals surface area contributed by atoms with Crippen molar-refractivity contribution in [1.29, 1.82) is 0 Å². The van der Waals surface area contributed by atoms with E-state index in [1.54, 1.807) is 7.05 Å². The Morgan fingerprint density at radius 1 is 1.14 bits per heavy atom. The molecule has 0 unspecified atom stereocenters. The van der Waals surface area contributed by atoms with E-state index in [2.05, 4.69) is 32.7 Å². The number of aromatic nitrogens is 4. The Bertz CT molecular complexity index is 1150. The monoisotopic (exact) mass is 445 g/mol. The van der Waals surface area contributed by atoms with Crippen LogP contribution >= 0.6 is 15.9 Å². The van der Waals surface area contributed by atoms with Gasteiger partial charge in [-0.25, -0.2) is 4.79 Å². The van der Waals surface area contributed by atoms with Crippen LogP contribution in [0.2, 0.25) is 0 Å². The van der Waals surface area contributed by atoms with Crippen molar-refractivity contribution in [3.8, 4) is 0 Å². The van der Waals surface area contributed by atoms with Gasteiger partial charge in [0.25, 0.3) is 5.56 Å². The van der Waals surface area contributed by atoms with Gasteiger partial charge in [0.05, 0.1) is 6.54 Å². The van der Waals surface area contributed by atoms with Crippen LogP contribution in [0.15, 0.2) is 38.3 Å². The minimum absolute atomic E-state index is 0.225. The number of hydrogen-bond acceptors (Lipinski definition) is 4. The standard InChI is InChI=1S/C20H24BrN5O2/c1-13-7-9-25(10-8-13)19-22-17-16(23(19)2)18(27)26(20(28)24(17)3)12-14-5-4-6-15(21)11-14/h4-6,11,13H,7-10,12H2,1-3H3. The molecular formula is C20H24BrN5O2. The van der Waals surface area contributed by atoms with Crippen LogP contribution in [0.5, 0.6) is 0 Å². The van der Waals surface area contributed by atoms with Gasteiger partial charge in [-0.05, 0) is 36.5 Å². The lowest BCUT2D eigenvalue weighted by Gasteiger charge is -2.30. The zero-order valence-electron chi connectivity index (χ0n) is 16.4. The van der Waals surface area contributed by atoms with E-state index in [1.807, 2.05) is 35.9 Å². The fourth-order valence-electron chi connectivity index (χ4n) is 3.88. The third-order valence-corrected chi connectivity index (χ3v) is 6.13. The van der Waals surface area contributed by atoms with E-state index < -0.39 is 0 Å². The second-order valence-corrected chi connectivity index (χ2v) is 8.59. The molecule has 0 bridgehead atoms. The average Bonchev–Trinajstić information content (AvgIpc) is 3.02. The fraction of sp³-hybridized carbons (Fsp3) is 0.450. The van der Waals surface area contributed by atoms with Gasteiger partial charge in [-0.1, -0.05) is 35.0 Å². The molecule has 0 atom stereocenters. The van der Waals surface area contributed by atoms with Crippen molar-refractivity contribution < 1.29 is 0 Å². The highest BCUT2D eigenvalue weighted by Crippen LogP contribution is 2.24. The molecule has 148 valence electrons. The number of fused-ring (bicyclic) bond motifs is 1. The van der Waals surface area contributed by atoms with Gasteiger partial charge in [-0.2, -0.15) is 4.98 Å². The summed E-state index contributed by atoms with van der Waals surface area (Å²) in [7, 11) is 3.54. The second-order valence-electron chi connectivity index (χ2n) is 7.68. The number of benzene rings is 1. The minimum Gasteiger partial charge on any atom is -0.342 e. The van der Waals surface area contributed by atoms with E-state index in [9.17, 15) is 9.59 Å². The zero-order chi connectivity index (χ0) is 20.0. The maximum absolute atomic E-state index is 13.2. The number of piperidine rings is 1. The van der Waals surface area contributed by atoms with Gasteiger partial charge in [0.15, 0.2) is 11.2 Å². The summed E-state index contributed by atoms with van der Waals surface area (Å²) in [6, 6.07) is 7.64. The van der Waals surface area contributed by atoms with Crippen molar-refractivity contribution in [2.45, 2.75) is 26.3 Å². The Hall–Kier alpha value is -2.35. The molecule has 0 amide bonds. The highest BCUT2D eigenvalue weighted by atomic mass is 79.9. The normalized spacial score (nSPS) is 15.5. The lowest BCUT2D eigenvalue weighted by Crippen LogP contribution is -2.39. The topological polar surface area (TPSA) is 65.1 Å². The van der Waals surface area contributed by atoms with E-state index in [0.717, 1.165) is 41.9 Å². The summed E-state index contributed by atoms with van der Waals surface area (Å²) in [5.41, 5.74) is 1.14. The van der Waals surface area contributed by atoms with Crippen molar-refractivity contribution >= 4 is 33.0 Å². The Kier molecular flexibility index (Phi) is 4.91. The summed E-state index contributed by atoms with van der Waals surface area (Å²) >= 11 is 3.44. The molecule has 28 heavy (non-hydrogen) atoms. The smallest absolute Gasteiger partial charge is 0.332 e. The largest absolute Gasteiger partial charge is 0.342 e. The molecule has 1 aliphatic heterocycles. The van der Waals surface area contributed by atoms with Gasteiger partial charge < -0.3 is 9.47 Å². The first kappa shape index (κ1) is 19.0. The first-order valence-corrected chi connectivity index (χ1v) is 10.3. The molecule has 3 aromatic rings.